The number of rotatable bonds is 2. The fourth-order valence-corrected chi connectivity index (χ4v) is 4.13. The van der Waals surface area contributed by atoms with Gasteiger partial charge >= 0.3 is 7.60 Å². The predicted molar refractivity (Wildman–Crippen MR) is 75.2 cm³/mol. The number of hydrogen-bond donors (Lipinski definition) is 0. The molecule has 102 valence electrons. The highest BCUT2D eigenvalue weighted by molar-refractivity contribution is 7.56. The largest absolute Gasteiger partial charge is 0.423 e. The summed E-state index contributed by atoms with van der Waals surface area (Å²) in [6.07, 6.45) is 0. The molecule has 5 heteroatoms. The minimum atomic E-state index is -3.56. The SMILES string of the molecule is COP1(=O)Oc2ccccc2C(=O)C1c1ccccc1. The molecule has 0 bridgehead atoms. The van der Waals surface area contributed by atoms with Gasteiger partial charge in [-0.1, -0.05) is 42.5 Å². The maximum atomic E-state index is 12.8. The van der Waals surface area contributed by atoms with Gasteiger partial charge in [0, 0.05) is 7.11 Å². The third-order valence-electron chi connectivity index (χ3n) is 3.31. The average molecular weight is 288 g/mol. The second kappa shape index (κ2) is 4.89. The summed E-state index contributed by atoms with van der Waals surface area (Å²) >= 11 is 0. The molecule has 2 unspecified atom stereocenters. The van der Waals surface area contributed by atoms with E-state index in [9.17, 15) is 9.36 Å². The van der Waals surface area contributed by atoms with Crippen LogP contribution in [0, 0.1) is 0 Å². The van der Waals surface area contributed by atoms with Crippen molar-refractivity contribution in [3.05, 3.63) is 65.7 Å². The summed E-state index contributed by atoms with van der Waals surface area (Å²) in [5, 5.41) is 0. The number of fused-ring (bicyclic) bond motifs is 1. The molecule has 0 fully saturated rings. The number of ketones is 1. The van der Waals surface area contributed by atoms with E-state index >= 15 is 0 Å². The average Bonchev–Trinajstić information content (AvgIpc) is 2.48. The first-order chi connectivity index (χ1) is 9.65. The number of para-hydroxylation sites is 1. The minimum Gasteiger partial charge on any atom is -0.423 e. The molecule has 2 atom stereocenters. The van der Waals surface area contributed by atoms with E-state index in [0.717, 1.165) is 0 Å². The second-order valence-corrected chi connectivity index (χ2v) is 6.63. The molecule has 0 spiro atoms. The van der Waals surface area contributed by atoms with Gasteiger partial charge in [0.1, 0.15) is 5.75 Å². The molecule has 2 aromatic rings. The van der Waals surface area contributed by atoms with Crippen molar-refractivity contribution in [2.75, 3.05) is 7.11 Å². The zero-order valence-electron chi connectivity index (χ0n) is 10.9. The zero-order chi connectivity index (χ0) is 14.2. The molecule has 0 saturated carbocycles. The van der Waals surface area contributed by atoms with Gasteiger partial charge in [-0.25, -0.2) is 4.57 Å². The maximum absolute atomic E-state index is 12.8. The summed E-state index contributed by atoms with van der Waals surface area (Å²) in [6, 6.07) is 15.7. The van der Waals surface area contributed by atoms with Crippen molar-refractivity contribution in [3.8, 4) is 5.75 Å². The number of carbonyl (C=O) groups is 1. The van der Waals surface area contributed by atoms with Crippen molar-refractivity contribution in [2.24, 2.45) is 0 Å². The Kier molecular flexibility index (Phi) is 3.20. The molecule has 20 heavy (non-hydrogen) atoms. The van der Waals surface area contributed by atoms with Gasteiger partial charge in [-0.05, 0) is 17.7 Å². The summed E-state index contributed by atoms with van der Waals surface area (Å²) < 4.78 is 23.4. The van der Waals surface area contributed by atoms with E-state index in [1.165, 1.54) is 7.11 Å². The molecular formula is C15H13O4P. The summed E-state index contributed by atoms with van der Waals surface area (Å²) in [7, 11) is -2.26. The van der Waals surface area contributed by atoms with E-state index in [0.29, 0.717) is 16.9 Å². The monoisotopic (exact) mass is 288 g/mol. The van der Waals surface area contributed by atoms with Gasteiger partial charge in [0.2, 0.25) is 0 Å². The van der Waals surface area contributed by atoms with Crippen molar-refractivity contribution in [3.63, 3.8) is 0 Å². The van der Waals surface area contributed by atoms with Gasteiger partial charge < -0.3 is 9.05 Å². The van der Waals surface area contributed by atoms with Crippen LogP contribution in [-0.4, -0.2) is 12.9 Å². The van der Waals surface area contributed by atoms with Crippen molar-refractivity contribution in [1.29, 1.82) is 0 Å². The molecule has 0 aliphatic carbocycles. The topological polar surface area (TPSA) is 52.6 Å². The molecule has 4 nitrogen and oxygen atoms in total. The summed E-state index contributed by atoms with van der Waals surface area (Å²) in [5.74, 6) is 0.0816. The number of carbonyl (C=O) groups excluding carboxylic acids is 1. The van der Waals surface area contributed by atoms with Crippen LogP contribution < -0.4 is 4.52 Å². The lowest BCUT2D eigenvalue weighted by molar-refractivity contribution is 0.0964. The molecule has 3 rings (SSSR count). The normalized spacial score (nSPS) is 24.9. The zero-order valence-corrected chi connectivity index (χ0v) is 11.7. The van der Waals surface area contributed by atoms with Crippen molar-refractivity contribution in [1.82, 2.24) is 0 Å². The van der Waals surface area contributed by atoms with Crippen LogP contribution in [0.4, 0.5) is 0 Å². The van der Waals surface area contributed by atoms with Crippen molar-refractivity contribution in [2.45, 2.75) is 5.66 Å². The third kappa shape index (κ3) is 1.98. The van der Waals surface area contributed by atoms with Gasteiger partial charge in [0.25, 0.3) is 0 Å². The van der Waals surface area contributed by atoms with E-state index in [1.54, 1.807) is 48.5 Å². The van der Waals surface area contributed by atoms with Crippen molar-refractivity contribution >= 4 is 13.4 Å². The van der Waals surface area contributed by atoms with Gasteiger partial charge in [-0.3, -0.25) is 4.79 Å². The molecule has 1 heterocycles. The predicted octanol–water partition coefficient (Wildman–Crippen LogP) is 3.84. The first kappa shape index (κ1) is 13.1. The lowest BCUT2D eigenvalue weighted by Crippen LogP contribution is -2.22. The van der Waals surface area contributed by atoms with Crippen LogP contribution in [0.15, 0.2) is 54.6 Å². The Bertz CT molecular complexity index is 696. The Hall–Kier alpha value is -1.90. The Morgan fingerprint density at radius 2 is 1.70 bits per heavy atom. The Labute approximate surface area is 116 Å². The van der Waals surface area contributed by atoms with E-state index in [1.807, 2.05) is 6.07 Å². The van der Waals surface area contributed by atoms with Gasteiger partial charge in [0.15, 0.2) is 11.4 Å². The Morgan fingerprint density at radius 1 is 1.05 bits per heavy atom. The minimum absolute atomic E-state index is 0.233. The molecule has 0 N–H and O–H groups in total. The van der Waals surface area contributed by atoms with Crippen LogP contribution in [0.5, 0.6) is 5.75 Å². The van der Waals surface area contributed by atoms with Gasteiger partial charge in [-0.2, -0.15) is 0 Å². The van der Waals surface area contributed by atoms with E-state index < -0.39 is 13.3 Å². The number of hydrogen-bond acceptors (Lipinski definition) is 4. The quantitative estimate of drug-likeness (QED) is 0.788. The molecule has 1 aliphatic heterocycles. The van der Waals surface area contributed by atoms with Gasteiger partial charge in [0.05, 0.1) is 5.56 Å². The van der Waals surface area contributed by atoms with Crippen LogP contribution in [-0.2, 0) is 9.09 Å². The summed E-state index contributed by atoms with van der Waals surface area (Å²) in [4.78, 5) is 12.7. The second-order valence-electron chi connectivity index (χ2n) is 4.49. The third-order valence-corrected chi connectivity index (χ3v) is 5.44. The van der Waals surface area contributed by atoms with E-state index in [2.05, 4.69) is 0 Å². The molecule has 0 saturated heterocycles. The van der Waals surface area contributed by atoms with Crippen LogP contribution in [0.3, 0.4) is 0 Å². The Balaban J connectivity index is 2.18. The highest BCUT2D eigenvalue weighted by Crippen LogP contribution is 2.64. The molecule has 0 amide bonds. The van der Waals surface area contributed by atoms with Crippen LogP contribution in [0.25, 0.3) is 0 Å². The van der Waals surface area contributed by atoms with Crippen LogP contribution in [0.1, 0.15) is 21.6 Å². The summed E-state index contributed by atoms with van der Waals surface area (Å²) in [5.41, 5.74) is 0.158. The molecule has 2 aromatic carbocycles. The van der Waals surface area contributed by atoms with Crippen LogP contribution in [0.2, 0.25) is 0 Å². The van der Waals surface area contributed by atoms with E-state index in [-0.39, 0.29) is 5.78 Å². The smallest absolute Gasteiger partial charge is 0.394 e. The molecule has 0 radical (unpaired) electrons. The molecule has 1 aliphatic rings. The first-order valence-corrected chi connectivity index (χ1v) is 7.80. The van der Waals surface area contributed by atoms with E-state index in [4.69, 9.17) is 9.05 Å². The lowest BCUT2D eigenvalue weighted by atomic mass is 10.0. The molecular weight excluding hydrogens is 275 g/mol. The fourth-order valence-electron chi connectivity index (χ4n) is 2.34. The first-order valence-electron chi connectivity index (χ1n) is 6.19. The van der Waals surface area contributed by atoms with Crippen molar-refractivity contribution < 1.29 is 18.4 Å². The maximum Gasteiger partial charge on any atom is 0.394 e. The highest BCUT2D eigenvalue weighted by Gasteiger charge is 2.48. The Morgan fingerprint density at radius 3 is 2.40 bits per heavy atom. The van der Waals surface area contributed by atoms with Gasteiger partial charge in [-0.15, -0.1) is 0 Å². The number of benzene rings is 2. The number of Topliss-reactive ketones (excluding diaryl/α,β-unsaturated/α-hetero) is 1. The summed E-state index contributed by atoms with van der Waals surface area (Å²) in [6.45, 7) is 0. The fraction of sp³-hybridized carbons (Fsp3) is 0.133. The molecule has 0 aromatic heterocycles. The lowest BCUT2D eigenvalue weighted by Gasteiger charge is -2.30. The standard InChI is InChI=1S/C15H13O4P/c1-18-20(17)15(11-7-3-2-4-8-11)14(16)12-9-5-6-10-13(12)19-20/h2-10,15H,1H3. The van der Waals surface area contributed by atoms with Crippen LogP contribution >= 0.6 is 7.60 Å². The highest BCUT2D eigenvalue weighted by atomic mass is 31.2.